The Hall–Kier alpha value is -0.870. The molecule has 0 aliphatic heterocycles. The van der Waals surface area contributed by atoms with Gasteiger partial charge in [-0.25, -0.2) is 0 Å². The second-order valence-corrected chi connectivity index (χ2v) is 4.14. The average molecular weight is 213 g/mol. The smallest absolute Gasteiger partial charge is 0.307 e. The third kappa shape index (κ3) is 3.89. The van der Waals surface area contributed by atoms with Crippen LogP contribution >= 0.6 is 11.3 Å². The third-order valence-corrected chi connectivity index (χ3v) is 2.76. The Kier molecular flexibility index (Phi) is 4.62. The number of rotatable bonds is 5. The Morgan fingerprint density at radius 1 is 1.71 bits per heavy atom. The highest BCUT2D eigenvalue weighted by Gasteiger charge is 2.08. The molecular formula is C10H15NO2S. The van der Waals surface area contributed by atoms with E-state index in [-0.39, 0.29) is 12.0 Å². The molecule has 1 aromatic rings. The van der Waals surface area contributed by atoms with Crippen LogP contribution in [0.3, 0.4) is 0 Å². The molecule has 0 spiro atoms. The van der Waals surface area contributed by atoms with E-state index in [1.807, 2.05) is 24.4 Å². The van der Waals surface area contributed by atoms with Crippen LogP contribution in [0.1, 0.15) is 24.6 Å². The largest absolute Gasteiger partial charge is 0.460 e. The van der Waals surface area contributed by atoms with Crippen molar-refractivity contribution in [2.75, 3.05) is 0 Å². The summed E-state index contributed by atoms with van der Waals surface area (Å²) in [5.41, 5.74) is 5.62. The highest BCUT2D eigenvalue weighted by Crippen LogP contribution is 2.10. The average Bonchev–Trinajstić information content (AvgIpc) is 2.67. The zero-order valence-corrected chi connectivity index (χ0v) is 9.05. The van der Waals surface area contributed by atoms with Gasteiger partial charge >= 0.3 is 5.97 Å². The summed E-state index contributed by atoms with van der Waals surface area (Å²) in [6.45, 7) is 2.32. The topological polar surface area (TPSA) is 52.3 Å². The fourth-order valence-electron chi connectivity index (χ4n) is 0.964. The molecule has 2 N–H and O–H groups in total. The lowest BCUT2D eigenvalue weighted by atomic mass is 10.2. The highest BCUT2D eigenvalue weighted by atomic mass is 32.1. The van der Waals surface area contributed by atoms with Gasteiger partial charge in [0.05, 0.1) is 6.42 Å². The van der Waals surface area contributed by atoms with Gasteiger partial charge in [-0.3, -0.25) is 4.79 Å². The van der Waals surface area contributed by atoms with Crippen LogP contribution < -0.4 is 5.73 Å². The number of nitrogens with two attached hydrogens (primary N) is 1. The molecule has 4 heteroatoms. The van der Waals surface area contributed by atoms with E-state index in [1.165, 1.54) is 0 Å². The molecule has 0 amide bonds. The molecule has 78 valence electrons. The maximum atomic E-state index is 11.2. The molecule has 0 bridgehead atoms. The lowest BCUT2D eigenvalue weighted by Gasteiger charge is -2.07. The van der Waals surface area contributed by atoms with Crippen molar-refractivity contribution in [1.29, 1.82) is 0 Å². The van der Waals surface area contributed by atoms with Gasteiger partial charge in [0.1, 0.15) is 6.61 Å². The summed E-state index contributed by atoms with van der Waals surface area (Å²) in [5.74, 6) is -0.215. The minimum atomic E-state index is -0.215. The van der Waals surface area contributed by atoms with Gasteiger partial charge in [0.25, 0.3) is 0 Å². The number of carbonyl (C=O) groups is 1. The van der Waals surface area contributed by atoms with Gasteiger partial charge in [-0.1, -0.05) is 13.0 Å². The van der Waals surface area contributed by atoms with Gasteiger partial charge in [0.15, 0.2) is 0 Å². The van der Waals surface area contributed by atoms with Gasteiger partial charge in [-0.05, 0) is 17.9 Å². The Bertz CT molecular complexity index is 272. The lowest BCUT2D eigenvalue weighted by molar-refractivity contribution is -0.145. The normalized spacial score (nSPS) is 12.4. The van der Waals surface area contributed by atoms with Gasteiger partial charge in [0.2, 0.25) is 0 Å². The summed E-state index contributed by atoms with van der Waals surface area (Å²) in [6.07, 6.45) is 1.11. The fourth-order valence-corrected chi connectivity index (χ4v) is 1.58. The third-order valence-electron chi connectivity index (χ3n) is 1.91. The van der Waals surface area contributed by atoms with Gasteiger partial charge in [0, 0.05) is 10.9 Å². The summed E-state index contributed by atoms with van der Waals surface area (Å²) in [5, 5.41) is 1.96. The molecule has 1 heterocycles. The van der Waals surface area contributed by atoms with Crippen LogP contribution in [0.15, 0.2) is 17.5 Å². The Morgan fingerprint density at radius 3 is 3.07 bits per heavy atom. The minimum absolute atomic E-state index is 0.0779. The summed E-state index contributed by atoms with van der Waals surface area (Å²) >= 11 is 1.58. The number of hydrogen-bond acceptors (Lipinski definition) is 4. The molecule has 0 radical (unpaired) electrons. The predicted molar refractivity (Wildman–Crippen MR) is 57.0 cm³/mol. The Labute approximate surface area is 87.9 Å². The van der Waals surface area contributed by atoms with Crippen molar-refractivity contribution in [1.82, 2.24) is 0 Å². The summed E-state index contributed by atoms with van der Waals surface area (Å²) in [4.78, 5) is 12.3. The first kappa shape index (κ1) is 11.2. The van der Waals surface area contributed by atoms with E-state index in [0.717, 1.165) is 11.3 Å². The number of esters is 1. The number of ether oxygens (including phenoxy) is 1. The van der Waals surface area contributed by atoms with E-state index >= 15 is 0 Å². The molecule has 14 heavy (non-hydrogen) atoms. The van der Waals surface area contributed by atoms with Crippen molar-refractivity contribution >= 4 is 17.3 Å². The predicted octanol–water partition coefficient (Wildman–Crippen LogP) is 1.92. The molecule has 0 aliphatic rings. The van der Waals surface area contributed by atoms with Crippen LogP contribution in [0.25, 0.3) is 0 Å². The SMILES string of the molecule is CCC(N)CC(=O)OCc1cccs1. The van der Waals surface area contributed by atoms with Crippen molar-refractivity contribution in [2.45, 2.75) is 32.4 Å². The van der Waals surface area contributed by atoms with Crippen molar-refractivity contribution in [2.24, 2.45) is 5.73 Å². The highest BCUT2D eigenvalue weighted by molar-refractivity contribution is 7.09. The molecule has 0 aliphatic carbocycles. The lowest BCUT2D eigenvalue weighted by Crippen LogP contribution is -2.23. The van der Waals surface area contributed by atoms with Crippen LogP contribution in [-0.4, -0.2) is 12.0 Å². The molecule has 0 fully saturated rings. The van der Waals surface area contributed by atoms with Crippen molar-refractivity contribution < 1.29 is 9.53 Å². The van der Waals surface area contributed by atoms with Gasteiger partial charge in [-0.15, -0.1) is 11.3 Å². The number of thiophene rings is 1. The zero-order chi connectivity index (χ0) is 10.4. The van der Waals surface area contributed by atoms with Crippen LogP contribution in [0.5, 0.6) is 0 Å². The first-order valence-electron chi connectivity index (χ1n) is 4.66. The number of carbonyl (C=O) groups excluding carboxylic acids is 1. The Morgan fingerprint density at radius 2 is 2.50 bits per heavy atom. The van der Waals surface area contributed by atoms with E-state index in [9.17, 15) is 4.79 Å². The molecule has 1 atom stereocenters. The van der Waals surface area contributed by atoms with Gasteiger partial charge in [-0.2, -0.15) is 0 Å². The molecule has 0 saturated heterocycles. The Balaban J connectivity index is 2.22. The second-order valence-electron chi connectivity index (χ2n) is 3.11. The first-order chi connectivity index (χ1) is 6.72. The molecule has 3 nitrogen and oxygen atoms in total. The fraction of sp³-hybridized carbons (Fsp3) is 0.500. The molecular weight excluding hydrogens is 198 g/mol. The van der Waals surface area contributed by atoms with Crippen LogP contribution in [0, 0.1) is 0 Å². The molecule has 1 aromatic heterocycles. The molecule has 1 rings (SSSR count). The molecule has 0 saturated carbocycles. The van der Waals surface area contributed by atoms with Crippen LogP contribution in [0.2, 0.25) is 0 Å². The maximum absolute atomic E-state index is 11.2. The van der Waals surface area contributed by atoms with Gasteiger partial charge < -0.3 is 10.5 Å². The van der Waals surface area contributed by atoms with E-state index in [4.69, 9.17) is 10.5 Å². The van der Waals surface area contributed by atoms with Crippen molar-refractivity contribution in [3.8, 4) is 0 Å². The minimum Gasteiger partial charge on any atom is -0.460 e. The van der Waals surface area contributed by atoms with E-state index in [0.29, 0.717) is 13.0 Å². The summed E-state index contributed by atoms with van der Waals surface area (Å²) in [7, 11) is 0. The second kappa shape index (κ2) is 5.78. The summed E-state index contributed by atoms with van der Waals surface area (Å²) < 4.78 is 5.05. The summed E-state index contributed by atoms with van der Waals surface area (Å²) in [6, 6.07) is 3.80. The van der Waals surface area contributed by atoms with E-state index < -0.39 is 0 Å². The van der Waals surface area contributed by atoms with Crippen molar-refractivity contribution in [3.05, 3.63) is 22.4 Å². The number of hydrogen-bond donors (Lipinski definition) is 1. The first-order valence-corrected chi connectivity index (χ1v) is 5.54. The van der Waals surface area contributed by atoms with E-state index in [2.05, 4.69) is 0 Å². The quantitative estimate of drug-likeness (QED) is 0.760. The zero-order valence-electron chi connectivity index (χ0n) is 8.23. The van der Waals surface area contributed by atoms with Crippen LogP contribution in [-0.2, 0) is 16.1 Å². The van der Waals surface area contributed by atoms with Crippen LogP contribution in [0.4, 0.5) is 0 Å². The molecule has 0 aromatic carbocycles. The van der Waals surface area contributed by atoms with Crippen molar-refractivity contribution in [3.63, 3.8) is 0 Å². The monoisotopic (exact) mass is 213 g/mol. The maximum Gasteiger partial charge on any atom is 0.307 e. The van der Waals surface area contributed by atoms with E-state index in [1.54, 1.807) is 11.3 Å². The molecule has 1 unspecified atom stereocenters. The standard InChI is InChI=1S/C10H15NO2S/c1-2-8(11)6-10(12)13-7-9-4-3-5-14-9/h3-5,8H,2,6-7,11H2,1H3.